The molecule has 22 heavy (non-hydrogen) atoms. The number of nitrogens with zero attached hydrogens (tertiary/aromatic N) is 1. The lowest BCUT2D eigenvalue weighted by Gasteiger charge is -2.15. The Morgan fingerprint density at radius 1 is 1.36 bits per heavy atom. The predicted molar refractivity (Wildman–Crippen MR) is 73.3 cm³/mol. The molecule has 1 aromatic rings. The third kappa shape index (κ3) is 3.17. The van der Waals surface area contributed by atoms with Gasteiger partial charge in [-0.2, -0.15) is 0 Å². The van der Waals surface area contributed by atoms with Crippen LogP contribution in [-0.4, -0.2) is 55.6 Å². The molecule has 0 spiro atoms. The lowest BCUT2D eigenvalue weighted by molar-refractivity contribution is -0.117. The SMILES string of the molecule is CC(=O)CCn1cc(C2OC(CO)C(O)C2O)c(=O)[nH]c1=O. The van der Waals surface area contributed by atoms with E-state index < -0.39 is 42.3 Å². The van der Waals surface area contributed by atoms with E-state index in [1.165, 1.54) is 13.1 Å². The highest BCUT2D eigenvalue weighted by Gasteiger charge is 2.44. The Kier molecular flexibility index (Phi) is 4.91. The number of hydrogen-bond donors (Lipinski definition) is 4. The molecule has 1 aliphatic rings. The van der Waals surface area contributed by atoms with E-state index in [4.69, 9.17) is 9.84 Å². The van der Waals surface area contributed by atoms with Crippen molar-refractivity contribution in [3.8, 4) is 0 Å². The highest BCUT2D eigenvalue weighted by Crippen LogP contribution is 2.31. The highest BCUT2D eigenvalue weighted by molar-refractivity contribution is 5.75. The molecule has 122 valence electrons. The van der Waals surface area contributed by atoms with Crippen LogP contribution in [0.3, 0.4) is 0 Å². The number of rotatable bonds is 5. The van der Waals surface area contributed by atoms with Gasteiger partial charge in [-0.15, -0.1) is 0 Å². The number of nitrogens with one attached hydrogen (secondary N) is 1. The molecule has 9 nitrogen and oxygen atoms in total. The van der Waals surface area contributed by atoms with E-state index in [0.29, 0.717) is 0 Å². The van der Waals surface area contributed by atoms with Gasteiger partial charge in [0, 0.05) is 19.2 Å². The molecule has 0 radical (unpaired) electrons. The van der Waals surface area contributed by atoms with Crippen LogP contribution in [0.5, 0.6) is 0 Å². The summed E-state index contributed by atoms with van der Waals surface area (Å²) in [6.45, 7) is 0.938. The summed E-state index contributed by atoms with van der Waals surface area (Å²) in [4.78, 5) is 36.7. The molecule has 4 unspecified atom stereocenters. The maximum absolute atomic E-state index is 11.9. The summed E-state index contributed by atoms with van der Waals surface area (Å²) < 4.78 is 6.40. The van der Waals surface area contributed by atoms with Crippen molar-refractivity contribution >= 4 is 5.78 Å². The minimum absolute atomic E-state index is 0.0503. The van der Waals surface area contributed by atoms with Gasteiger partial charge in [-0.3, -0.25) is 19.1 Å². The first-order chi connectivity index (χ1) is 10.3. The summed E-state index contributed by atoms with van der Waals surface area (Å²) in [5, 5.41) is 28.7. The van der Waals surface area contributed by atoms with Crippen LogP contribution in [0, 0.1) is 0 Å². The van der Waals surface area contributed by atoms with Crippen LogP contribution >= 0.6 is 0 Å². The monoisotopic (exact) mass is 314 g/mol. The van der Waals surface area contributed by atoms with Crippen LogP contribution in [-0.2, 0) is 16.1 Å². The van der Waals surface area contributed by atoms with Crippen LogP contribution in [0.25, 0.3) is 0 Å². The first kappa shape index (κ1) is 16.6. The molecule has 4 atom stereocenters. The van der Waals surface area contributed by atoms with E-state index in [1.807, 2.05) is 0 Å². The Hall–Kier alpha value is -1.81. The molecule has 0 amide bonds. The fourth-order valence-electron chi connectivity index (χ4n) is 2.33. The zero-order valence-electron chi connectivity index (χ0n) is 11.9. The van der Waals surface area contributed by atoms with Gasteiger partial charge in [-0.1, -0.05) is 0 Å². The molecule has 1 aliphatic heterocycles. The molecule has 1 fully saturated rings. The Morgan fingerprint density at radius 2 is 2.05 bits per heavy atom. The third-order valence-corrected chi connectivity index (χ3v) is 3.59. The van der Waals surface area contributed by atoms with Gasteiger partial charge in [0.1, 0.15) is 30.2 Å². The van der Waals surface area contributed by atoms with Gasteiger partial charge in [0.2, 0.25) is 0 Å². The number of ether oxygens (including phenoxy) is 1. The summed E-state index contributed by atoms with van der Waals surface area (Å²) in [6, 6.07) is 0. The molecule has 0 aliphatic carbocycles. The lowest BCUT2D eigenvalue weighted by atomic mass is 10.0. The first-order valence-corrected chi connectivity index (χ1v) is 6.80. The summed E-state index contributed by atoms with van der Waals surface area (Å²) in [7, 11) is 0. The van der Waals surface area contributed by atoms with Gasteiger partial charge in [-0.25, -0.2) is 4.79 Å². The third-order valence-electron chi connectivity index (χ3n) is 3.59. The molecule has 2 rings (SSSR count). The van der Waals surface area contributed by atoms with Gasteiger partial charge < -0.3 is 20.1 Å². The normalized spacial score (nSPS) is 28.0. The molecular formula is C13H18N2O7. The van der Waals surface area contributed by atoms with Gasteiger partial charge in [0.05, 0.1) is 12.2 Å². The Labute approximate surface area is 124 Å². The summed E-state index contributed by atoms with van der Waals surface area (Å²) in [5.41, 5.74) is -1.48. The van der Waals surface area contributed by atoms with Crippen molar-refractivity contribution in [2.75, 3.05) is 6.61 Å². The van der Waals surface area contributed by atoms with Crippen molar-refractivity contribution in [1.29, 1.82) is 0 Å². The number of hydrogen-bond acceptors (Lipinski definition) is 7. The van der Waals surface area contributed by atoms with Crippen LogP contribution < -0.4 is 11.2 Å². The topological polar surface area (TPSA) is 142 Å². The van der Waals surface area contributed by atoms with E-state index in [-0.39, 0.29) is 24.3 Å². The molecular weight excluding hydrogens is 296 g/mol. The molecule has 0 bridgehead atoms. The predicted octanol–water partition coefficient (Wildman–Crippen LogP) is -2.33. The average Bonchev–Trinajstić information content (AvgIpc) is 2.74. The van der Waals surface area contributed by atoms with E-state index in [9.17, 15) is 24.6 Å². The van der Waals surface area contributed by atoms with Crippen molar-refractivity contribution in [1.82, 2.24) is 9.55 Å². The maximum atomic E-state index is 11.9. The zero-order chi connectivity index (χ0) is 16.4. The van der Waals surface area contributed by atoms with Gasteiger partial charge in [-0.05, 0) is 6.92 Å². The van der Waals surface area contributed by atoms with Crippen molar-refractivity contribution in [3.63, 3.8) is 0 Å². The second kappa shape index (κ2) is 6.53. The van der Waals surface area contributed by atoms with Gasteiger partial charge in [0.25, 0.3) is 5.56 Å². The number of aromatic nitrogens is 2. The molecule has 4 N–H and O–H groups in total. The van der Waals surface area contributed by atoms with Crippen LogP contribution in [0.1, 0.15) is 25.0 Å². The second-order valence-electron chi connectivity index (χ2n) is 5.25. The van der Waals surface area contributed by atoms with Gasteiger partial charge in [0.15, 0.2) is 0 Å². The molecule has 0 aromatic carbocycles. The van der Waals surface area contributed by atoms with Crippen LogP contribution in [0.15, 0.2) is 15.8 Å². The highest BCUT2D eigenvalue weighted by atomic mass is 16.6. The number of aliphatic hydroxyl groups is 3. The number of aromatic amines is 1. The van der Waals surface area contributed by atoms with E-state index >= 15 is 0 Å². The number of H-pyrrole nitrogens is 1. The summed E-state index contributed by atoms with van der Waals surface area (Å²) >= 11 is 0. The average molecular weight is 314 g/mol. The molecule has 9 heteroatoms. The number of Topliss-reactive ketones (excluding diaryl/α,β-unsaturated/α-hetero) is 1. The number of carbonyl (C=O) groups is 1. The lowest BCUT2D eigenvalue weighted by Crippen LogP contribution is -2.36. The number of aliphatic hydroxyl groups excluding tert-OH is 3. The van der Waals surface area contributed by atoms with Crippen molar-refractivity contribution in [3.05, 3.63) is 32.6 Å². The first-order valence-electron chi connectivity index (χ1n) is 6.80. The molecule has 0 saturated carbocycles. The van der Waals surface area contributed by atoms with Crippen molar-refractivity contribution in [2.45, 2.75) is 44.3 Å². The minimum atomic E-state index is -1.41. The number of aryl methyl sites for hydroxylation is 1. The Morgan fingerprint density at radius 3 is 2.59 bits per heavy atom. The minimum Gasteiger partial charge on any atom is -0.394 e. The van der Waals surface area contributed by atoms with Crippen molar-refractivity contribution < 1.29 is 24.9 Å². The van der Waals surface area contributed by atoms with E-state index in [0.717, 1.165) is 4.57 Å². The Balaban J connectivity index is 2.35. The van der Waals surface area contributed by atoms with Crippen LogP contribution in [0.2, 0.25) is 0 Å². The molecule has 2 heterocycles. The summed E-state index contributed by atoms with van der Waals surface area (Å²) in [6.07, 6.45) is -3.62. The Bertz CT molecular complexity index is 665. The maximum Gasteiger partial charge on any atom is 0.328 e. The van der Waals surface area contributed by atoms with E-state index in [2.05, 4.69) is 4.98 Å². The standard InChI is InChI=1S/C13H18N2O7/c1-6(17)2-3-15-4-7(12(20)14-13(15)21)11-10(19)9(18)8(5-16)22-11/h4,8-11,16,18-19H,2-3,5H2,1H3,(H,14,20,21). The fourth-order valence-corrected chi connectivity index (χ4v) is 2.33. The number of ketones is 1. The quantitative estimate of drug-likeness (QED) is 0.477. The second-order valence-corrected chi connectivity index (χ2v) is 5.25. The van der Waals surface area contributed by atoms with Crippen LogP contribution in [0.4, 0.5) is 0 Å². The molecule has 1 aromatic heterocycles. The summed E-state index contributed by atoms with van der Waals surface area (Å²) in [5.74, 6) is -0.118. The zero-order valence-corrected chi connectivity index (χ0v) is 11.9. The van der Waals surface area contributed by atoms with E-state index in [1.54, 1.807) is 0 Å². The number of carbonyl (C=O) groups excluding carboxylic acids is 1. The fraction of sp³-hybridized carbons (Fsp3) is 0.615. The molecule has 1 saturated heterocycles. The van der Waals surface area contributed by atoms with Crippen molar-refractivity contribution in [2.24, 2.45) is 0 Å². The largest absolute Gasteiger partial charge is 0.394 e. The van der Waals surface area contributed by atoms with Gasteiger partial charge >= 0.3 is 5.69 Å². The smallest absolute Gasteiger partial charge is 0.328 e.